The summed E-state index contributed by atoms with van der Waals surface area (Å²) in [6.45, 7) is 16.8. The van der Waals surface area contributed by atoms with E-state index in [1.165, 1.54) is 0 Å². The Bertz CT molecular complexity index is 373. The molecule has 0 amide bonds. The molecule has 1 radical (unpaired) electrons. The van der Waals surface area contributed by atoms with Gasteiger partial charge in [0, 0.05) is 18.6 Å². The number of hydrogen-bond donors (Lipinski definition) is 0. The van der Waals surface area contributed by atoms with Crippen molar-refractivity contribution in [3.05, 3.63) is 0 Å². The molecule has 0 atom stereocenters. The molecule has 1 rings (SSSR count). The predicted molar refractivity (Wildman–Crippen MR) is 97.8 cm³/mol. The van der Waals surface area contributed by atoms with Gasteiger partial charge >= 0.3 is 0 Å². The van der Waals surface area contributed by atoms with Gasteiger partial charge in [-0.1, -0.05) is 40.0 Å². The minimum atomic E-state index is -1.22. The minimum Gasteiger partial charge on any atom is -0.257 e. The second-order valence-corrected chi connectivity index (χ2v) is 18.2. The molecular formula is C12H30N3P3V. The molecule has 7 heteroatoms. The van der Waals surface area contributed by atoms with Crippen LogP contribution in [0.2, 0.25) is 0 Å². The van der Waals surface area contributed by atoms with Gasteiger partial charge in [-0.05, 0) is 40.0 Å². The molecule has 1 fully saturated rings. The topological polar surface area (TPSA) is 9.72 Å². The van der Waals surface area contributed by atoms with Crippen LogP contribution in [0.1, 0.15) is 0 Å². The SMILES string of the molecule is C=P(C)(C)N1CN(P(=C)(C)C)CN(P(=C)(C)C)C1.[V]. The maximum atomic E-state index is 4.39. The van der Waals surface area contributed by atoms with E-state index in [4.69, 9.17) is 0 Å². The Morgan fingerprint density at radius 2 is 0.737 bits per heavy atom. The van der Waals surface area contributed by atoms with Crippen molar-refractivity contribution in [3.8, 4) is 0 Å². The number of nitrogens with zero attached hydrogens (tertiary/aromatic N) is 3. The first-order valence-corrected chi connectivity index (χ1v) is 14.6. The zero-order chi connectivity index (χ0) is 14.4. The third-order valence-electron chi connectivity index (χ3n) is 3.28. The summed E-state index contributed by atoms with van der Waals surface area (Å²) in [4.78, 5) is 0. The van der Waals surface area contributed by atoms with Crippen molar-refractivity contribution in [2.45, 2.75) is 0 Å². The second-order valence-electron chi connectivity index (χ2n) is 6.81. The molecule has 3 nitrogen and oxygen atoms in total. The third-order valence-corrected chi connectivity index (χ3v) is 8.63. The van der Waals surface area contributed by atoms with E-state index in [-0.39, 0.29) is 18.6 Å². The molecule has 113 valence electrons. The molecule has 0 unspecified atom stereocenters. The van der Waals surface area contributed by atoms with Crippen LogP contribution in [0.15, 0.2) is 0 Å². The van der Waals surface area contributed by atoms with E-state index in [0.717, 1.165) is 20.0 Å². The summed E-state index contributed by atoms with van der Waals surface area (Å²) in [7, 11) is -3.67. The Labute approximate surface area is 132 Å². The minimum absolute atomic E-state index is 0. The third kappa shape index (κ3) is 5.94. The molecule has 19 heavy (non-hydrogen) atoms. The van der Waals surface area contributed by atoms with Gasteiger partial charge in [0.05, 0.1) is 20.0 Å². The Morgan fingerprint density at radius 3 is 0.842 bits per heavy atom. The van der Waals surface area contributed by atoms with Gasteiger partial charge in [-0.25, -0.2) is 0 Å². The van der Waals surface area contributed by atoms with E-state index in [9.17, 15) is 0 Å². The van der Waals surface area contributed by atoms with E-state index in [1.807, 2.05) is 0 Å². The molecule has 1 heterocycles. The van der Waals surface area contributed by atoms with Gasteiger partial charge in [-0.3, -0.25) is 14.0 Å². The van der Waals surface area contributed by atoms with Gasteiger partial charge in [-0.2, -0.15) is 0 Å². The summed E-state index contributed by atoms with van der Waals surface area (Å²) in [6.07, 6.45) is 13.2. The van der Waals surface area contributed by atoms with Gasteiger partial charge in [0.1, 0.15) is 0 Å². The van der Waals surface area contributed by atoms with Crippen molar-refractivity contribution in [3.63, 3.8) is 0 Å². The van der Waals surface area contributed by atoms with Crippen LogP contribution >= 0.6 is 21.1 Å². The first-order valence-electron chi connectivity index (χ1n) is 6.13. The predicted octanol–water partition coefficient (Wildman–Crippen LogP) is 2.65. The van der Waals surface area contributed by atoms with Crippen molar-refractivity contribution in [1.82, 2.24) is 14.0 Å². The fraction of sp³-hybridized carbons (Fsp3) is 0.750. The van der Waals surface area contributed by atoms with Crippen molar-refractivity contribution in [2.24, 2.45) is 0 Å². The summed E-state index contributed by atoms with van der Waals surface area (Å²) in [5.74, 6) is 0. The molecule has 0 aromatic heterocycles. The zero-order valence-corrected chi connectivity index (χ0v) is 17.5. The van der Waals surface area contributed by atoms with Crippen LogP contribution in [-0.4, -0.2) is 92.9 Å². The number of rotatable bonds is 3. The standard InChI is InChI=1S/C12H30N3P3.V/c1-16(2,3)13-10-14(17(4,5)6)12-15(11-13)18(7,8)9;/h1,4,7,10-12H2,2-3,5-6,8-9H3;. The molecule has 0 bridgehead atoms. The Morgan fingerprint density at radius 1 is 0.579 bits per heavy atom. The van der Waals surface area contributed by atoms with Crippen LogP contribution in [0, 0.1) is 0 Å². The molecule has 0 spiro atoms. The van der Waals surface area contributed by atoms with E-state index in [2.05, 4.69) is 72.9 Å². The fourth-order valence-corrected chi connectivity index (χ4v) is 5.00. The summed E-state index contributed by atoms with van der Waals surface area (Å²) in [6, 6.07) is 0. The van der Waals surface area contributed by atoms with Crippen LogP contribution in [-0.2, 0) is 18.6 Å². The van der Waals surface area contributed by atoms with Gasteiger partial charge in [-0.15, -0.1) is 0 Å². The molecular weight excluding hydrogens is 330 g/mol. The molecule has 1 saturated heterocycles. The zero-order valence-electron chi connectivity index (χ0n) is 13.4. The smallest absolute Gasteiger partial charge is 0.0602 e. The van der Waals surface area contributed by atoms with Crippen LogP contribution in [0.5, 0.6) is 0 Å². The van der Waals surface area contributed by atoms with E-state index >= 15 is 0 Å². The first kappa shape index (κ1) is 20.4. The Hall–Kier alpha value is 1.36. The average molecular weight is 360 g/mol. The van der Waals surface area contributed by atoms with Crippen LogP contribution in [0.4, 0.5) is 0 Å². The van der Waals surface area contributed by atoms with E-state index in [1.54, 1.807) is 0 Å². The van der Waals surface area contributed by atoms with Gasteiger partial charge in [0.15, 0.2) is 0 Å². The monoisotopic (exact) mass is 360 g/mol. The summed E-state index contributed by atoms with van der Waals surface area (Å²) >= 11 is 0. The fourth-order valence-electron chi connectivity index (χ4n) is 1.73. The summed E-state index contributed by atoms with van der Waals surface area (Å²) in [5.41, 5.74) is 0. The first-order chi connectivity index (χ1) is 7.82. The van der Waals surface area contributed by atoms with Crippen LogP contribution in [0.25, 0.3) is 0 Å². The van der Waals surface area contributed by atoms with Crippen LogP contribution in [0.3, 0.4) is 0 Å². The molecule has 0 aliphatic carbocycles. The largest absolute Gasteiger partial charge is 0.257 e. The van der Waals surface area contributed by atoms with E-state index in [0.29, 0.717) is 0 Å². The molecule has 0 aromatic rings. The Kier molecular flexibility index (Phi) is 7.12. The molecule has 1 aliphatic heterocycles. The van der Waals surface area contributed by atoms with Crippen molar-refractivity contribution < 1.29 is 18.6 Å². The molecule has 0 saturated carbocycles. The maximum absolute atomic E-state index is 4.39. The molecule has 1 aliphatic rings. The van der Waals surface area contributed by atoms with Crippen molar-refractivity contribution >= 4 is 40.0 Å². The quantitative estimate of drug-likeness (QED) is 0.717. The van der Waals surface area contributed by atoms with Gasteiger partial charge < -0.3 is 0 Å². The normalized spacial score (nSPS) is 21.2. The molecule has 0 N–H and O–H groups in total. The van der Waals surface area contributed by atoms with Crippen LogP contribution < -0.4 is 0 Å². The second kappa shape index (κ2) is 6.64. The van der Waals surface area contributed by atoms with E-state index < -0.39 is 21.1 Å². The number of hydrogen-bond acceptors (Lipinski definition) is 3. The summed E-state index contributed by atoms with van der Waals surface area (Å²) < 4.78 is 7.61. The van der Waals surface area contributed by atoms with Crippen molar-refractivity contribution in [1.29, 1.82) is 0 Å². The average Bonchev–Trinajstić information content (AvgIpc) is 2.13. The Balaban J connectivity index is 0.00000324. The van der Waals surface area contributed by atoms with Gasteiger partial charge in [0.25, 0.3) is 0 Å². The maximum Gasteiger partial charge on any atom is 0.0602 e. The van der Waals surface area contributed by atoms with Gasteiger partial charge in [0.2, 0.25) is 0 Å². The van der Waals surface area contributed by atoms with Crippen molar-refractivity contribution in [2.75, 3.05) is 60.0 Å². The molecule has 0 aromatic carbocycles. The summed E-state index contributed by atoms with van der Waals surface area (Å²) in [5, 5.41) is 0.